The highest BCUT2D eigenvalue weighted by Gasteiger charge is 2.39. The van der Waals surface area contributed by atoms with Gasteiger partial charge in [-0.25, -0.2) is 0 Å². The lowest BCUT2D eigenvalue weighted by molar-refractivity contribution is 0.142. The van der Waals surface area contributed by atoms with Crippen LogP contribution in [-0.4, -0.2) is 35.0 Å². The van der Waals surface area contributed by atoms with E-state index >= 15 is 0 Å². The Morgan fingerprint density at radius 3 is 2.63 bits per heavy atom. The normalized spacial score (nSPS) is 26.6. The minimum Gasteiger partial charge on any atom is -0.490 e. The second-order valence-electron chi connectivity index (χ2n) is 5.25. The third kappa shape index (κ3) is 3.47. The Hall–Kier alpha value is -1.10. The zero-order valence-electron chi connectivity index (χ0n) is 11.4. The molecule has 0 aromatic heterocycles. The summed E-state index contributed by atoms with van der Waals surface area (Å²) < 4.78 is 5.95. The smallest absolute Gasteiger partial charge is 0.119 e. The van der Waals surface area contributed by atoms with Gasteiger partial charge >= 0.3 is 0 Å². The molecule has 0 saturated heterocycles. The second kappa shape index (κ2) is 6.37. The number of aliphatic hydroxyl groups is 2. The lowest BCUT2D eigenvalue weighted by Gasteiger charge is -2.27. The third-order valence-corrected chi connectivity index (χ3v) is 3.83. The topological polar surface area (TPSA) is 61.7 Å². The SMILES string of the molecule is CCNC1(CO)CCC(Oc2ccc(CO)cc2)C1. The maximum absolute atomic E-state index is 9.55. The van der Waals surface area contributed by atoms with Gasteiger partial charge in [-0.2, -0.15) is 0 Å². The number of hydrogen-bond donors (Lipinski definition) is 3. The Kier molecular flexibility index (Phi) is 4.80. The van der Waals surface area contributed by atoms with Crippen molar-refractivity contribution < 1.29 is 14.9 Å². The summed E-state index contributed by atoms with van der Waals surface area (Å²) in [5, 5.41) is 21.9. The Labute approximate surface area is 114 Å². The van der Waals surface area contributed by atoms with Crippen LogP contribution in [0.2, 0.25) is 0 Å². The predicted octanol–water partition coefficient (Wildman–Crippen LogP) is 1.45. The molecular formula is C15H23NO3. The summed E-state index contributed by atoms with van der Waals surface area (Å²) in [6.07, 6.45) is 2.87. The van der Waals surface area contributed by atoms with Crippen LogP contribution in [0.5, 0.6) is 5.75 Å². The van der Waals surface area contributed by atoms with Crippen molar-refractivity contribution in [2.45, 2.75) is 44.4 Å². The molecule has 1 saturated carbocycles. The molecule has 4 heteroatoms. The summed E-state index contributed by atoms with van der Waals surface area (Å²) in [6, 6.07) is 7.51. The molecule has 1 aliphatic rings. The van der Waals surface area contributed by atoms with E-state index in [-0.39, 0.29) is 24.9 Å². The molecule has 2 rings (SSSR count). The minimum absolute atomic E-state index is 0.0533. The van der Waals surface area contributed by atoms with Gasteiger partial charge in [-0.1, -0.05) is 19.1 Å². The van der Waals surface area contributed by atoms with E-state index in [1.54, 1.807) is 0 Å². The van der Waals surface area contributed by atoms with Gasteiger partial charge in [0.25, 0.3) is 0 Å². The van der Waals surface area contributed by atoms with Crippen molar-refractivity contribution in [1.82, 2.24) is 5.32 Å². The molecule has 1 aliphatic carbocycles. The zero-order valence-corrected chi connectivity index (χ0v) is 11.4. The number of rotatable bonds is 6. The van der Waals surface area contributed by atoms with Gasteiger partial charge in [0, 0.05) is 12.0 Å². The molecule has 106 valence electrons. The molecule has 1 aromatic rings. The van der Waals surface area contributed by atoms with Gasteiger partial charge in [0.05, 0.1) is 13.2 Å². The molecule has 0 amide bonds. The molecule has 2 unspecified atom stereocenters. The van der Waals surface area contributed by atoms with Crippen LogP contribution in [0.4, 0.5) is 0 Å². The maximum atomic E-state index is 9.55. The summed E-state index contributed by atoms with van der Waals surface area (Å²) in [5.74, 6) is 0.826. The van der Waals surface area contributed by atoms with E-state index in [9.17, 15) is 5.11 Å². The number of likely N-dealkylation sites (N-methyl/N-ethyl adjacent to an activating group) is 1. The fourth-order valence-electron chi connectivity index (χ4n) is 2.78. The van der Waals surface area contributed by atoms with Crippen molar-refractivity contribution >= 4 is 0 Å². The largest absolute Gasteiger partial charge is 0.490 e. The van der Waals surface area contributed by atoms with E-state index < -0.39 is 0 Å². The van der Waals surface area contributed by atoms with Crippen LogP contribution >= 0.6 is 0 Å². The minimum atomic E-state index is -0.176. The Morgan fingerprint density at radius 2 is 2.05 bits per heavy atom. The van der Waals surface area contributed by atoms with Gasteiger partial charge in [-0.15, -0.1) is 0 Å². The van der Waals surface area contributed by atoms with E-state index in [4.69, 9.17) is 9.84 Å². The quantitative estimate of drug-likeness (QED) is 0.728. The summed E-state index contributed by atoms with van der Waals surface area (Å²) in [4.78, 5) is 0. The molecule has 0 spiro atoms. The number of benzene rings is 1. The number of nitrogens with one attached hydrogen (secondary N) is 1. The molecule has 1 aromatic carbocycles. The van der Waals surface area contributed by atoms with Crippen LogP contribution in [0, 0.1) is 0 Å². The second-order valence-corrected chi connectivity index (χ2v) is 5.25. The number of hydrogen-bond acceptors (Lipinski definition) is 4. The zero-order chi connectivity index (χ0) is 13.7. The first-order valence-electron chi connectivity index (χ1n) is 6.94. The van der Waals surface area contributed by atoms with E-state index in [0.717, 1.165) is 37.1 Å². The molecule has 19 heavy (non-hydrogen) atoms. The van der Waals surface area contributed by atoms with Crippen LogP contribution in [0.25, 0.3) is 0 Å². The molecule has 0 heterocycles. The standard InChI is InChI=1S/C15H23NO3/c1-2-16-15(11-18)8-7-14(9-15)19-13-5-3-12(10-17)4-6-13/h3-6,14,16-18H,2,7-11H2,1H3. The molecular weight excluding hydrogens is 242 g/mol. The molecule has 4 nitrogen and oxygen atoms in total. The van der Waals surface area contributed by atoms with Crippen LogP contribution in [0.3, 0.4) is 0 Å². The third-order valence-electron chi connectivity index (χ3n) is 3.83. The van der Waals surface area contributed by atoms with Crippen molar-refractivity contribution in [2.24, 2.45) is 0 Å². The summed E-state index contributed by atoms with van der Waals surface area (Å²) in [5.41, 5.74) is 0.709. The van der Waals surface area contributed by atoms with Gasteiger partial charge in [-0.05, 0) is 37.1 Å². The van der Waals surface area contributed by atoms with Crippen molar-refractivity contribution in [2.75, 3.05) is 13.2 Å². The van der Waals surface area contributed by atoms with Crippen LogP contribution in [0.1, 0.15) is 31.7 Å². The monoisotopic (exact) mass is 265 g/mol. The van der Waals surface area contributed by atoms with Gasteiger partial charge in [0.15, 0.2) is 0 Å². The molecule has 1 fully saturated rings. The van der Waals surface area contributed by atoms with Crippen LogP contribution in [0.15, 0.2) is 24.3 Å². The lowest BCUT2D eigenvalue weighted by atomic mass is 9.99. The van der Waals surface area contributed by atoms with E-state index in [1.807, 2.05) is 24.3 Å². The van der Waals surface area contributed by atoms with Gasteiger partial charge < -0.3 is 20.3 Å². The van der Waals surface area contributed by atoms with E-state index in [2.05, 4.69) is 12.2 Å². The van der Waals surface area contributed by atoms with Gasteiger partial charge in [0.1, 0.15) is 11.9 Å². The highest BCUT2D eigenvalue weighted by atomic mass is 16.5. The first-order chi connectivity index (χ1) is 9.21. The van der Waals surface area contributed by atoms with Crippen LogP contribution in [-0.2, 0) is 6.61 Å². The maximum Gasteiger partial charge on any atom is 0.119 e. The summed E-state index contributed by atoms with van der Waals surface area (Å²) in [7, 11) is 0. The Bertz CT molecular complexity index is 393. The molecule has 0 aliphatic heterocycles. The fourth-order valence-corrected chi connectivity index (χ4v) is 2.78. The highest BCUT2D eigenvalue weighted by molar-refractivity contribution is 5.27. The van der Waals surface area contributed by atoms with Crippen molar-refractivity contribution in [1.29, 1.82) is 0 Å². The predicted molar refractivity (Wildman–Crippen MR) is 74.1 cm³/mol. The summed E-state index contributed by atoms with van der Waals surface area (Å²) >= 11 is 0. The lowest BCUT2D eigenvalue weighted by Crippen LogP contribution is -2.46. The first kappa shape index (κ1) is 14.3. The number of aliphatic hydroxyl groups excluding tert-OH is 2. The van der Waals surface area contributed by atoms with Crippen molar-refractivity contribution in [3.05, 3.63) is 29.8 Å². The van der Waals surface area contributed by atoms with Crippen LogP contribution < -0.4 is 10.1 Å². The highest BCUT2D eigenvalue weighted by Crippen LogP contribution is 2.32. The average molecular weight is 265 g/mol. The van der Waals surface area contributed by atoms with Gasteiger partial charge in [-0.3, -0.25) is 0 Å². The molecule has 0 bridgehead atoms. The Balaban J connectivity index is 1.93. The Morgan fingerprint density at radius 1 is 1.32 bits per heavy atom. The molecule has 0 radical (unpaired) electrons. The van der Waals surface area contributed by atoms with Crippen molar-refractivity contribution in [3.8, 4) is 5.75 Å². The van der Waals surface area contributed by atoms with Crippen molar-refractivity contribution in [3.63, 3.8) is 0 Å². The summed E-state index contributed by atoms with van der Waals surface area (Å²) in [6.45, 7) is 3.12. The average Bonchev–Trinajstić information content (AvgIpc) is 2.84. The number of ether oxygens (including phenoxy) is 1. The molecule has 3 N–H and O–H groups in total. The van der Waals surface area contributed by atoms with E-state index in [0.29, 0.717) is 0 Å². The molecule has 2 atom stereocenters. The van der Waals surface area contributed by atoms with Gasteiger partial charge in [0.2, 0.25) is 0 Å². The first-order valence-corrected chi connectivity index (χ1v) is 6.94. The fraction of sp³-hybridized carbons (Fsp3) is 0.600. The van der Waals surface area contributed by atoms with E-state index in [1.165, 1.54) is 0 Å².